The van der Waals surface area contributed by atoms with Gasteiger partial charge < -0.3 is 15.0 Å². The van der Waals surface area contributed by atoms with Crippen LogP contribution in [0.4, 0.5) is 17.1 Å². The molecule has 2 aromatic rings. The van der Waals surface area contributed by atoms with Gasteiger partial charge in [0.25, 0.3) is 11.6 Å². The van der Waals surface area contributed by atoms with Gasteiger partial charge in [0.05, 0.1) is 10.8 Å². The Morgan fingerprint density at radius 3 is 2.48 bits per heavy atom. The van der Waals surface area contributed by atoms with Crippen molar-refractivity contribution in [1.82, 2.24) is 0 Å². The van der Waals surface area contributed by atoms with Crippen LogP contribution in [0.2, 0.25) is 0 Å². The Morgan fingerprint density at radius 1 is 1.16 bits per heavy atom. The van der Waals surface area contributed by atoms with E-state index in [4.69, 9.17) is 4.74 Å². The average Bonchev–Trinajstić information content (AvgIpc) is 3.08. The van der Waals surface area contributed by atoms with Crippen molar-refractivity contribution in [3.63, 3.8) is 0 Å². The molecule has 9 nitrogen and oxygen atoms in total. The van der Waals surface area contributed by atoms with Crippen molar-refractivity contribution in [2.24, 2.45) is 5.92 Å². The molecule has 0 aromatic heterocycles. The first kappa shape index (κ1) is 21.9. The number of carbonyl (C=O) groups is 3. The van der Waals surface area contributed by atoms with Crippen LogP contribution in [0.3, 0.4) is 0 Å². The number of nitro benzene ring substituents is 1. The molecule has 1 heterocycles. The zero-order valence-corrected chi connectivity index (χ0v) is 17.5. The molecule has 1 saturated heterocycles. The molecule has 1 aliphatic heterocycles. The van der Waals surface area contributed by atoms with Crippen molar-refractivity contribution >= 4 is 34.8 Å². The number of nitrogens with one attached hydrogen (secondary N) is 1. The van der Waals surface area contributed by atoms with Gasteiger partial charge in [-0.15, -0.1) is 0 Å². The lowest BCUT2D eigenvalue weighted by atomic mass is 10.1. The van der Waals surface area contributed by atoms with E-state index in [1.807, 2.05) is 32.0 Å². The van der Waals surface area contributed by atoms with Gasteiger partial charge in [0.2, 0.25) is 5.91 Å². The van der Waals surface area contributed by atoms with Crippen LogP contribution in [0.5, 0.6) is 0 Å². The number of hydrogen-bond donors (Lipinski definition) is 1. The SMILES string of the molecule is Cc1cc(C)cc(N2C[C@H](C(=O)OCC(=O)Nc3ccc(C)c([N+](=O)[O-])c3)CC2=O)c1. The Hall–Kier alpha value is -3.75. The van der Waals surface area contributed by atoms with Gasteiger partial charge in [-0.2, -0.15) is 0 Å². The van der Waals surface area contributed by atoms with Gasteiger partial charge in [-0.3, -0.25) is 24.5 Å². The second-order valence-corrected chi connectivity index (χ2v) is 7.67. The van der Waals surface area contributed by atoms with Crippen molar-refractivity contribution < 1.29 is 24.0 Å². The molecule has 9 heteroatoms. The summed E-state index contributed by atoms with van der Waals surface area (Å²) in [5.74, 6) is -2.10. The number of ether oxygens (including phenoxy) is 1. The maximum atomic E-state index is 12.4. The van der Waals surface area contributed by atoms with Crippen LogP contribution in [0.15, 0.2) is 36.4 Å². The van der Waals surface area contributed by atoms with Gasteiger partial charge in [0.1, 0.15) is 0 Å². The highest BCUT2D eigenvalue weighted by Gasteiger charge is 2.36. The number of hydrogen-bond acceptors (Lipinski definition) is 6. The number of esters is 1. The quantitative estimate of drug-likeness (QED) is 0.432. The Labute approximate surface area is 179 Å². The van der Waals surface area contributed by atoms with Crippen molar-refractivity contribution in [1.29, 1.82) is 0 Å². The number of benzene rings is 2. The fourth-order valence-corrected chi connectivity index (χ4v) is 3.56. The third-order valence-electron chi connectivity index (χ3n) is 5.01. The molecule has 0 saturated carbocycles. The first-order chi connectivity index (χ1) is 14.6. The molecule has 1 N–H and O–H groups in total. The molecule has 0 bridgehead atoms. The van der Waals surface area contributed by atoms with Crippen LogP contribution in [-0.4, -0.2) is 35.9 Å². The first-order valence-electron chi connectivity index (χ1n) is 9.74. The van der Waals surface area contributed by atoms with E-state index in [2.05, 4.69) is 5.32 Å². The number of nitro groups is 1. The minimum Gasteiger partial charge on any atom is -0.455 e. The lowest BCUT2D eigenvalue weighted by Crippen LogP contribution is -2.28. The normalized spacial score (nSPS) is 15.6. The molecule has 1 aliphatic rings. The van der Waals surface area contributed by atoms with Gasteiger partial charge in [-0.25, -0.2) is 0 Å². The summed E-state index contributed by atoms with van der Waals surface area (Å²) < 4.78 is 5.08. The van der Waals surface area contributed by atoms with E-state index in [0.717, 1.165) is 16.8 Å². The van der Waals surface area contributed by atoms with Crippen molar-refractivity contribution in [2.75, 3.05) is 23.4 Å². The fourth-order valence-electron chi connectivity index (χ4n) is 3.56. The maximum absolute atomic E-state index is 12.4. The highest BCUT2D eigenvalue weighted by atomic mass is 16.6. The van der Waals surface area contributed by atoms with Crippen LogP contribution in [0, 0.1) is 36.8 Å². The molecule has 162 valence electrons. The summed E-state index contributed by atoms with van der Waals surface area (Å²) in [4.78, 5) is 48.9. The van der Waals surface area contributed by atoms with Gasteiger partial charge >= 0.3 is 5.97 Å². The smallest absolute Gasteiger partial charge is 0.311 e. The summed E-state index contributed by atoms with van der Waals surface area (Å²) in [5.41, 5.74) is 3.34. The highest BCUT2D eigenvalue weighted by Crippen LogP contribution is 2.27. The van der Waals surface area contributed by atoms with Gasteiger partial charge in [0, 0.05) is 36.0 Å². The zero-order chi connectivity index (χ0) is 22.7. The highest BCUT2D eigenvalue weighted by molar-refractivity contribution is 6.00. The zero-order valence-electron chi connectivity index (χ0n) is 17.5. The van der Waals surface area contributed by atoms with Gasteiger partial charge in [0.15, 0.2) is 6.61 Å². The van der Waals surface area contributed by atoms with Gasteiger partial charge in [-0.1, -0.05) is 12.1 Å². The van der Waals surface area contributed by atoms with E-state index >= 15 is 0 Å². The molecule has 2 aromatic carbocycles. The van der Waals surface area contributed by atoms with E-state index in [1.165, 1.54) is 18.2 Å². The predicted molar refractivity (Wildman–Crippen MR) is 114 cm³/mol. The molecular weight excluding hydrogens is 402 g/mol. The lowest BCUT2D eigenvalue weighted by Gasteiger charge is -2.18. The molecule has 3 rings (SSSR count). The average molecular weight is 425 g/mol. The van der Waals surface area contributed by atoms with Crippen molar-refractivity contribution in [3.05, 3.63) is 63.2 Å². The summed E-state index contributed by atoms with van der Waals surface area (Å²) >= 11 is 0. The second-order valence-electron chi connectivity index (χ2n) is 7.67. The number of carbonyl (C=O) groups excluding carboxylic acids is 3. The van der Waals surface area contributed by atoms with E-state index in [9.17, 15) is 24.5 Å². The standard InChI is InChI=1S/C22H23N3O6/c1-13-6-14(2)8-18(7-13)24-11-16(9-21(24)27)22(28)31-12-20(26)23-17-5-4-15(3)19(10-17)25(29)30/h4-8,10,16H,9,11-12H2,1-3H3,(H,23,26)/t16-/m1/s1. The molecule has 0 aliphatic carbocycles. The minimum absolute atomic E-state index is 0.0115. The van der Waals surface area contributed by atoms with Gasteiger partial charge in [-0.05, 0) is 50.1 Å². The van der Waals surface area contributed by atoms with E-state index in [1.54, 1.807) is 11.8 Å². The second kappa shape index (κ2) is 8.95. The monoisotopic (exact) mass is 425 g/mol. The third-order valence-corrected chi connectivity index (χ3v) is 5.01. The molecule has 1 fully saturated rings. The Morgan fingerprint density at radius 2 is 1.84 bits per heavy atom. The van der Waals surface area contributed by atoms with Crippen LogP contribution < -0.4 is 10.2 Å². The molecule has 0 radical (unpaired) electrons. The summed E-state index contributed by atoms with van der Waals surface area (Å²) in [6, 6.07) is 10.0. The molecule has 31 heavy (non-hydrogen) atoms. The summed E-state index contributed by atoms with van der Waals surface area (Å²) in [5, 5.41) is 13.5. The molecule has 0 spiro atoms. The Balaban J connectivity index is 1.56. The number of amides is 2. The van der Waals surface area contributed by atoms with Crippen LogP contribution in [-0.2, 0) is 19.1 Å². The first-order valence-corrected chi connectivity index (χ1v) is 9.74. The van der Waals surface area contributed by atoms with Crippen LogP contribution >= 0.6 is 0 Å². The van der Waals surface area contributed by atoms with Crippen LogP contribution in [0.25, 0.3) is 0 Å². The topological polar surface area (TPSA) is 119 Å². The number of nitrogens with zero attached hydrogens (tertiary/aromatic N) is 2. The van der Waals surface area contributed by atoms with E-state index < -0.39 is 29.3 Å². The summed E-state index contributed by atoms with van der Waals surface area (Å²) in [6.45, 7) is 5.10. The predicted octanol–water partition coefficient (Wildman–Crippen LogP) is 3.05. The van der Waals surface area contributed by atoms with E-state index in [-0.39, 0.29) is 30.2 Å². The number of rotatable bonds is 6. The minimum atomic E-state index is -0.665. The van der Waals surface area contributed by atoms with Crippen LogP contribution in [0.1, 0.15) is 23.1 Å². The summed E-state index contributed by atoms with van der Waals surface area (Å²) in [7, 11) is 0. The Kier molecular flexibility index (Phi) is 6.33. The molecule has 1 atom stereocenters. The third kappa shape index (κ3) is 5.25. The lowest BCUT2D eigenvalue weighted by molar-refractivity contribution is -0.385. The van der Waals surface area contributed by atoms with E-state index in [0.29, 0.717) is 5.56 Å². The largest absolute Gasteiger partial charge is 0.455 e. The molecular formula is C22H23N3O6. The van der Waals surface area contributed by atoms with Crippen molar-refractivity contribution in [2.45, 2.75) is 27.2 Å². The maximum Gasteiger partial charge on any atom is 0.311 e. The summed E-state index contributed by atoms with van der Waals surface area (Å²) in [6.07, 6.45) is 0.0115. The molecule has 0 unspecified atom stereocenters. The number of anilines is 2. The molecule has 2 amide bonds. The fraction of sp³-hybridized carbons (Fsp3) is 0.318. The number of aryl methyl sites for hydroxylation is 3. The van der Waals surface area contributed by atoms with Crippen molar-refractivity contribution in [3.8, 4) is 0 Å². The Bertz CT molecular complexity index is 1040.